The summed E-state index contributed by atoms with van der Waals surface area (Å²) in [6.07, 6.45) is 0. The van der Waals surface area contributed by atoms with Crippen molar-refractivity contribution in [1.82, 2.24) is 4.90 Å². The summed E-state index contributed by atoms with van der Waals surface area (Å²) in [6.45, 7) is 1.90. The second-order valence-corrected chi connectivity index (χ2v) is 10.0. The number of sulfonamides is 1. The van der Waals surface area contributed by atoms with Gasteiger partial charge in [-0.15, -0.1) is 0 Å². The van der Waals surface area contributed by atoms with E-state index in [9.17, 15) is 18.0 Å². The second-order valence-electron chi connectivity index (χ2n) is 8.14. The number of hydrogen-bond acceptors (Lipinski definition) is 6. The van der Waals surface area contributed by atoms with E-state index in [0.29, 0.717) is 23.7 Å². The third-order valence-corrected chi connectivity index (χ3v) is 7.74. The van der Waals surface area contributed by atoms with Gasteiger partial charge in [0.05, 0.1) is 24.3 Å². The standard InChI is InChI=1S/C26H27N3O6S/c1-3-35-21-12-14-22(15-13-21)36(32,33)29(19-8-10-20(34-2)11-9-19)17-24(30)28-16-18-6-4-5-7-23(18)25(28)26(27)31/h4-15,25H,3,16-17H2,1-2H3,(H2,27,31). The van der Waals surface area contributed by atoms with Gasteiger partial charge in [0.15, 0.2) is 0 Å². The Morgan fingerprint density at radius 1 is 1.00 bits per heavy atom. The molecule has 1 aliphatic rings. The minimum Gasteiger partial charge on any atom is -0.497 e. The monoisotopic (exact) mass is 509 g/mol. The first-order chi connectivity index (χ1) is 17.3. The topological polar surface area (TPSA) is 119 Å². The van der Waals surface area contributed by atoms with Crippen molar-refractivity contribution in [3.05, 3.63) is 83.9 Å². The third-order valence-electron chi connectivity index (χ3n) is 5.95. The number of fused-ring (bicyclic) bond motifs is 1. The van der Waals surface area contributed by atoms with Crippen LogP contribution in [0.3, 0.4) is 0 Å². The van der Waals surface area contributed by atoms with E-state index in [-0.39, 0.29) is 17.1 Å². The van der Waals surface area contributed by atoms with Gasteiger partial charge in [-0.1, -0.05) is 24.3 Å². The number of carbonyl (C=O) groups excluding carboxylic acids is 2. The molecule has 9 nitrogen and oxygen atoms in total. The molecule has 0 spiro atoms. The highest BCUT2D eigenvalue weighted by Gasteiger charge is 2.39. The van der Waals surface area contributed by atoms with E-state index in [4.69, 9.17) is 15.2 Å². The lowest BCUT2D eigenvalue weighted by molar-refractivity contribution is -0.138. The number of primary amides is 1. The number of nitrogens with zero attached hydrogens (tertiary/aromatic N) is 2. The van der Waals surface area contributed by atoms with E-state index < -0.39 is 34.4 Å². The maximum absolute atomic E-state index is 13.7. The van der Waals surface area contributed by atoms with Crippen molar-refractivity contribution in [2.75, 3.05) is 24.6 Å². The zero-order valence-corrected chi connectivity index (χ0v) is 20.8. The summed E-state index contributed by atoms with van der Waals surface area (Å²) in [6, 6.07) is 18.5. The molecule has 0 saturated carbocycles. The number of benzene rings is 3. The summed E-state index contributed by atoms with van der Waals surface area (Å²) >= 11 is 0. The minimum atomic E-state index is -4.16. The van der Waals surface area contributed by atoms with Gasteiger partial charge >= 0.3 is 0 Å². The number of carbonyl (C=O) groups is 2. The lowest BCUT2D eigenvalue weighted by Crippen LogP contribution is -2.44. The van der Waals surface area contributed by atoms with Gasteiger partial charge in [-0.05, 0) is 66.6 Å². The quantitative estimate of drug-likeness (QED) is 0.474. The van der Waals surface area contributed by atoms with Crippen molar-refractivity contribution < 1.29 is 27.5 Å². The van der Waals surface area contributed by atoms with Gasteiger partial charge in [0.2, 0.25) is 11.8 Å². The van der Waals surface area contributed by atoms with E-state index in [1.807, 2.05) is 19.1 Å². The summed E-state index contributed by atoms with van der Waals surface area (Å²) in [5.74, 6) is -0.172. The Labute approximate surface area is 210 Å². The maximum atomic E-state index is 13.7. The molecular formula is C26H27N3O6S. The van der Waals surface area contributed by atoms with Gasteiger partial charge in [0.1, 0.15) is 24.1 Å². The summed E-state index contributed by atoms with van der Waals surface area (Å²) in [5.41, 5.74) is 7.34. The number of nitrogens with two attached hydrogens (primary N) is 1. The second kappa shape index (κ2) is 10.3. The minimum absolute atomic E-state index is 0.00858. The highest BCUT2D eigenvalue weighted by molar-refractivity contribution is 7.92. The number of rotatable bonds is 9. The van der Waals surface area contributed by atoms with Gasteiger partial charge in [0.25, 0.3) is 10.0 Å². The maximum Gasteiger partial charge on any atom is 0.264 e. The molecule has 3 aromatic rings. The molecule has 1 aliphatic heterocycles. The summed E-state index contributed by atoms with van der Waals surface area (Å²) in [4.78, 5) is 27.1. The molecule has 0 aromatic heterocycles. The van der Waals surface area contributed by atoms with Crippen molar-refractivity contribution in [3.63, 3.8) is 0 Å². The highest BCUT2D eigenvalue weighted by atomic mass is 32.2. The van der Waals surface area contributed by atoms with E-state index in [1.165, 1.54) is 24.1 Å². The summed E-state index contributed by atoms with van der Waals surface area (Å²) in [7, 11) is -2.66. The van der Waals surface area contributed by atoms with E-state index >= 15 is 0 Å². The number of hydrogen-bond donors (Lipinski definition) is 1. The average molecular weight is 510 g/mol. The zero-order valence-electron chi connectivity index (χ0n) is 20.0. The van der Waals surface area contributed by atoms with Gasteiger partial charge in [-0.2, -0.15) is 0 Å². The summed E-state index contributed by atoms with van der Waals surface area (Å²) in [5, 5.41) is 0. The zero-order chi connectivity index (χ0) is 25.9. The number of ether oxygens (including phenoxy) is 2. The fourth-order valence-electron chi connectivity index (χ4n) is 4.21. The molecule has 0 bridgehead atoms. The highest BCUT2D eigenvalue weighted by Crippen LogP contribution is 2.34. The lowest BCUT2D eigenvalue weighted by Gasteiger charge is -2.28. The summed E-state index contributed by atoms with van der Waals surface area (Å²) < 4.78 is 39.1. The molecule has 1 unspecified atom stereocenters. The van der Waals surface area contributed by atoms with Gasteiger partial charge in [0, 0.05) is 6.54 Å². The molecule has 0 radical (unpaired) electrons. The largest absolute Gasteiger partial charge is 0.497 e. The molecule has 1 atom stereocenters. The number of methoxy groups -OCH3 is 1. The van der Waals surface area contributed by atoms with Crippen LogP contribution in [0, 0.1) is 0 Å². The molecule has 188 valence electrons. The molecular weight excluding hydrogens is 482 g/mol. The molecule has 4 rings (SSSR count). The first-order valence-electron chi connectivity index (χ1n) is 11.3. The van der Waals surface area contributed by atoms with Crippen molar-refractivity contribution in [1.29, 1.82) is 0 Å². The van der Waals surface area contributed by atoms with Crippen molar-refractivity contribution in [2.45, 2.75) is 24.4 Å². The Kier molecular flexibility index (Phi) is 7.16. The van der Waals surface area contributed by atoms with Crippen LogP contribution in [0.15, 0.2) is 77.7 Å². The van der Waals surface area contributed by atoms with Crippen LogP contribution in [0.25, 0.3) is 0 Å². The Balaban J connectivity index is 1.70. The van der Waals surface area contributed by atoms with Crippen LogP contribution < -0.4 is 19.5 Å². The predicted molar refractivity (Wildman–Crippen MR) is 134 cm³/mol. The normalized spacial score (nSPS) is 14.7. The Morgan fingerprint density at radius 2 is 1.64 bits per heavy atom. The first-order valence-corrected chi connectivity index (χ1v) is 12.8. The van der Waals surface area contributed by atoms with Gasteiger partial charge in [-0.3, -0.25) is 13.9 Å². The van der Waals surface area contributed by atoms with Crippen LogP contribution >= 0.6 is 0 Å². The SMILES string of the molecule is CCOc1ccc(S(=O)(=O)N(CC(=O)N2Cc3ccccc3C2C(N)=O)c2ccc(OC)cc2)cc1. The van der Waals surface area contributed by atoms with Crippen molar-refractivity contribution in [3.8, 4) is 11.5 Å². The average Bonchev–Trinajstić information content (AvgIpc) is 3.28. The van der Waals surface area contributed by atoms with Gasteiger partial charge in [-0.25, -0.2) is 8.42 Å². The molecule has 0 aliphatic carbocycles. The van der Waals surface area contributed by atoms with Crippen LogP contribution in [-0.2, 0) is 26.2 Å². The van der Waals surface area contributed by atoms with E-state index in [2.05, 4.69) is 0 Å². The fourth-order valence-corrected chi connectivity index (χ4v) is 5.62. The van der Waals surface area contributed by atoms with Crippen LogP contribution in [0.2, 0.25) is 0 Å². The first kappa shape index (κ1) is 25.1. The Hall–Kier alpha value is -4.05. The molecule has 36 heavy (non-hydrogen) atoms. The molecule has 10 heteroatoms. The fraction of sp³-hybridized carbons (Fsp3) is 0.231. The van der Waals surface area contributed by atoms with Crippen LogP contribution in [0.5, 0.6) is 11.5 Å². The predicted octanol–water partition coefficient (Wildman–Crippen LogP) is 2.86. The van der Waals surface area contributed by atoms with Crippen molar-refractivity contribution in [2.24, 2.45) is 5.73 Å². The Morgan fingerprint density at radius 3 is 2.25 bits per heavy atom. The molecule has 0 fully saturated rings. The number of anilines is 1. The van der Waals surface area contributed by atoms with Crippen molar-refractivity contribution >= 4 is 27.5 Å². The molecule has 2 amide bonds. The molecule has 0 saturated heterocycles. The van der Waals surface area contributed by atoms with Gasteiger partial charge < -0.3 is 20.1 Å². The molecule has 3 aromatic carbocycles. The van der Waals surface area contributed by atoms with Crippen LogP contribution in [-0.4, -0.2) is 45.4 Å². The Bertz CT molecular complexity index is 1360. The lowest BCUT2D eigenvalue weighted by atomic mass is 10.0. The molecule has 2 N–H and O–H groups in total. The third kappa shape index (κ3) is 4.85. The van der Waals surface area contributed by atoms with E-state index in [1.54, 1.807) is 48.5 Å². The number of amides is 2. The van der Waals surface area contributed by atoms with Crippen LogP contribution in [0.4, 0.5) is 5.69 Å². The van der Waals surface area contributed by atoms with Crippen LogP contribution in [0.1, 0.15) is 24.1 Å². The van der Waals surface area contributed by atoms with E-state index in [0.717, 1.165) is 9.87 Å². The molecule has 1 heterocycles. The smallest absolute Gasteiger partial charge is 0.264 e.